The standard InChI is InChI=1S/C16H25N3O.HI/c1-5-17-16(18-14-10-12(14)2)19(3)11-13-8-6-7-9-15(13)20-4;/h6-9,12,14H,5,10-11H2,1-4H3,(H,17,18);1H. The molecule has 5 heteroatoms. The van der Waals surface area contributed by atoms with Crippen molar-refractivity contribution < 1.29 is 4.74 Å². The minimum atomic E-state index is 0. The lowest BCUT2D eigenvalue weighted by Gasteiger charge is -2.23. The number of guanidine groups is 1. The number of benzene rings is 1. The Hall–Kier alpha value is -0.980. The molecule has 2 unspecified atom stereocenters. The molecule has 0 aromatic heterocycles. The first-order valence-electron chi connectivity index (χ1n) is 7.29. The topological polar surface area (TPSA) is 36.9 Å². The molecule has 1 aliphatic rings. The van der Waals surface area contributed by atoms with Gasteiger partial charge in [0.1, 0.15) is 5.75 Å². The number of aliphatic imine (C=N–C) groups is 1. The Labute approximate surface area is 145 Å². The molecule has 0 aliphatic heterocycles. The average molecular weight is 403 g/mol. The molecule has 1 aromatic carbocycles. The molecule has 1 fully saturated rings. The number of hydrogen-bond donors (Lipinski definition) is 1. The largest absolute Gasteiger partial charge is 0.496 e. The van der Waals surface area contributed by atoms with Crippen LogP contribution in [0.1, 0.15) is 25.8 Å². The zero-order valence-electron chi connectivity index (χ0n) is 13.3. The molecule has 21 heavy (non-hydrogen) atoms. The van der Waals surface area contributed by atoms with Crippen LogP contribution >= 0.6 is 24.0 Å². The van der Waals surface area contributed by atoms with Gasteiger partial charge in [-0.15, -0.1) is 24.0 Å². The highest BCUT2D eigenvalue weighted by Crippen LogP contribution is 2.29. The predicted molar refractivity (Wildman–Crippen MR) is 98.6 cm³/mol. The van der Waals surface area contributed by atoms with Crippen molar-refractivity contribution in [3.63, 3.8) is 0 Å². The van der Waals surface area contributed by atoms with Crippen LogP contribution in [0.4, 0.5) is 0 Å². The molecule has 2 rings (SSSR count). The van der Waals surface area contributed by atoms with E-state index in [0.717, 1.165) is 30.7 Å². The molecular formula is C16H26IN3O. The first-order chi connectivity index (χ1) is 9.65. The average Bonchev–Trinajstić information content (AvgIpc) is 3.14. The Balaban J connectivity index is 0.00000220. The van der Waals surface area contributed by atoms with Crippen molar-refractivity contribution in [3.8, 4) is 5.75 Å². The highest BCUT2D eigenvalue weighted by Gasteiger charge is 2.33. The summed E-state index contributed by atoms with van der Waals surface area (Å²) in [4.78, 5) is 6.74. The lowest BCUT2D eigenvalue weighted by atomic mass is 10.2. The molecule has 0 radical (unpaired) electrons. The van der Waals surface area contributed by atoms with Crippen molar-refractivity contribution in [3.05, 3.63) is 29.8 Å². The molecule has 0 heterocycles. The number of nitrogens with one attached hydrogen (secondary N) is 1. The summed E-state index contributed by atoms with van der Waals surface area (Å²) in [5, 5.41) is 3.53. The summed E-state index contributed by atoms with van der Waals surface area (Å²) in [5.41, 5.74) is 1.17. The molecule has 0 amide bonds. The second-order valence-electron chi connectivity index (χ2n) is 5.43. The van der Waals surface area contributed by atoms with Gasteiger partial charge in [0.2, 0.25) is 0 Å². The van der Waals surface area contributed by atoms with Gasteiger partial charge in [0.05, 0.1) is 7.11 Å². The quantitative estimate of drug-likeness (QED) is 0.467. The predicted octanol–water partition coefficient (Wildman–Crippen LogP) is 3.12. The molecule has 0 saturated heterocycles. The number of rotatable bonds is 5. The Morgan fingerprint density at radius 3 is 2.67 bits per heavy atom. The lowest BCUT2D eigenvalue weighted by molar-refractivity contribution is 0.395. The maximum Gasteiger partial charge on any atom is 0.194 e. The van der Waals surface area contributed by atoms with Gasteiger partial charge in [-0.25, -0.2) is 0 Å². The van der Waals surface area contributed by atoms with Gasteiger partial charge in [0, 0.05) is 31.7 Å². The van der Waals surface area contributed by atoms with E-state index < -0.39 is 0 Å². The van der Waals surface area contributed by atoms with Crippen LogP contribution in [0.5, 0.6) is 5.75 Å². The van der Waals surface area contributed by atoms with E-state index in [1.165, 1.54) is 12.0 Å². The Kier molecular flexibility index (Phi) is 7.28. The smallest absolute Gasteiger partial charge is 0.194 e. The van der Waals surface area contributed by atoms with Gasteiger partial charge in [-0.2, -0.15) is 0 Å². The third-order valence-corrected chi connectivity index (χ3v) is 3.69. The third kappa shape index (κ3) is 5.05. The molecule has 2 atom stereocenters. The normalized spacial score (nSPS) is 20.5. The van der Waals surface area contributed by atoms with Gasteiger partial charge in [-0.05, 0) is 25.3 Å². The van der Waals surface area contributed by atoms with Crippen molar-refractivity contribution >= 4 is 29.9 Å². The van der Waals surface area contributed by atoms with E-state index in [9.17, 15) is 0 Å². The van der Waals surface area contributed by atoms with E-state index in [0.29, 0.717) is 6.04 Å². The molecule has 0 bridgehead atoms. The Morgan fingerprint density at radius 2 is 2.10 bits per heavy atom. The van der Waals surface area contributed by atoms with Gasteiger partial charge < -0.3 is 15.0 Å². The first-order valence-corrected chi connectivity index (χ1v) is 7.29. The highest BCUT2D eigenvalue weighted by molar-refractivity contribution is 14.0. The fraction of sp³-hybridized carbons (Fsp3) is 0.562. The van der Waals surface area contributed by atoms with Crippen molar-refractivity contribution in [1.82, 2.24) is 10.2 Å². The third-order valence-electron chi connectivity index (χ3n) is 3.69. The monoisotopic (exact) mass is 403 g/mol. The van der Waals surface area contributed by atoms with Gasteiger partial charge in [0.15, 0.2) is 5.96 Å². The van der Waals surface area contributed by atoms with Crippen LogP contribution in [-0.2, 0) is 6.54 Å². The minimum Gasteiger partial charge on any atom is -0.496 e. The number of ether oxygens (including phenoxy) is 1. The van der Waals surface area contributed by atoms with E-state index in [4.69, 9.17) is 4.74 Å². The maximum absolute atomic E-state index is 5.41. The van der Waals surface area contributed by atoms with Crippen LogP contribution in [0.3, 0.4) is 0 Å². The summed E-state index contributed by atoms with van der Waals surface area (Å²) in [6.07, 6.45) is 1.24. The molecule has 4 nitrogen and oxygen atoms in total. The van der Waals surface area contributed by atoms with Gasteiger partial charge in [0.25, 0.3) is 0 Å². The molecule has 1 aromatic rings. The zero-order chi connectivity index (χ0) is 14.5. The summed E-state index contributed by atoms with van der Waals surface area (Å²) >= 11 is 0. The summed E-state index contributed by atoms with van der Waals surface area (Å²) in [7, 11) is 3.78. The first kappa shape index (κ1) is 18.1. The van der Waals surface area contributed by atoms with E-state index in [-0.39, 0.29) is 24.0 Å². The van der Waals surface area contributed by atoms with Crippen molar-refractivity contribution in [2.75, 3.05) is 20.7 Å². The van der Waals surface area contributed by atoms with E-state index in [1.54, 1.807) is 7.11 Å². The lowest BCUT2D eigenvalue weighted by Crippen LogP contribution is -2.40. The maximum atomic E-state index is 5.41. The van der Waals surface area contributed by atoms with Crippen LogP contribution in [0.15, 0.2) is 29.3 Å². The summed E-state index contributed by atoms with van der Waals surface area (Å²) in [5.74, 6) is 2.67. The van der Waals surface area contributed by atoms with Gasteiger partial charge in [-0.3, -0.25) is 4.99 Å². The number of hydrogen-bond acceptors (Lipinski definition) is 2. The highest BCUT2D eigenvalue weighted by atomic mass is 127. The second-order valence-corrected chi connectivity index (χ2v) is 5.43. The number of nitrogens with zero attached hydrogens (tertiary/aromatic N) is 2. The van der Waals surface area contributed by atoms with Crippen LogP contribution in [-0.4, -0.2) is 37.6 Å². The zero-order valence-corrected chi connectivity index (χ0v) is 15.6. The Morgan fingerprint density at radius 1 is 1.43 bits per heavy atom. The summed E-state index contributed by atoms with van der Waals surface area (Å²) in [6, 6.07) is 8.71. The van der Waals surface area contributed by atoms with E-state index in [2.05, 4.69) is 42.2 Å². The fourth-order valence-corrected chi connectivity index (χ4v) is 2.28. The van der Waals surface area contributed by atoms with E-state index >= 15 is 0 Å². The molecular weight excluding hydrogens is 377 g/mol. The van der Waals surface area contributed by atoms with Crippen molar-refractivity contribution in [2.45, 2.75) is 32.9 Å². The summed E-state index contributed by atoms with van der Waals surface area (Å²) < 4.78 is 5.41. The van der Waals surface area contributed by atoms with Gasteiger partial charge >= 0.3 is 0 Å². The molecule has 1 N–H and O–H groups in total. The molecule has 1 aliphatic carbocycles. The number of para-hydroxylation sites is 1. The molecule has 1 saturated carbocycles. The fourth-order valence-electron chi connectivity index (χ4n) is 2.28. The Bertz CT molecular complexity index is 478. The van der Waals surface area contributed by atoms with Gasteiger partial charge in [-0.1, -0.05) is 25.1 Å². The van der Waals surface area contributed by atoms with Crippen LogP contribution < -0.4 is 10.1 Å². The molecule has 118 valence electrons. The van der Waals surface area contributed by atoms with Crippen molar-refractivity contribution in [1.29, 1.82) is 0 Å². The van der Waals surface area contributed by atoms with E-state index in [1.807, 2.05) is 18.2 Å². The summed E-state index contributed by atoms with van der Waals surface area (Å²) in [6.45, 7) is 5.91. The van der Waals surface area contributed by atoms with Crippen LogP contribution in [0, 0.1) is 5.92 Å². The van der Waals surface area contributed by atoms with Crippen molar-refractivity contribution in [2.24, 2.45) is 10.9 Å². The number of halogens is 1. The molecule has 0 spiro atoms. The second kappa shape index (κ2) is 8.46. The van der Waals surface area contributed by atoms with Crippen LogP contribution in [0.25, 0.3) is 0 Å². The minimum absolute atomic E-state index is 0. The SMILES string of the molecule is CCN=C(NC1CC1C)N(C)Cc1ccccc1OC.I. The van der Waals surface area contributed by atoms with Crippen LogP contribution in [0.2, 0.25) is 0 Å². The number of methoxy groups -OCH3 is 1.